The summed E-state index contributed by atoms with van der Waals surface area (Å²) in [4.78, 5) is 30.6. The SMILES string of the molecule is CC1=CCCC2(C)C(CCC2(O)CN(CC2CCC3CC2C3(C)C)C(=O)Nc2ccccc2)c2ccc(cc2C(=O)c2ccccc2)CC(O)CC1. The number of anilines is 1. The molecule has 52 heavy (non-hydrogen) atoms. The maximum absolute atomic E-state index is 14.3. The van der Waals surface area contributed by atoms with Crippen molar-refractivity contribution in [1.29, 1.82) is 0 Å². The Morgan fingerprint density at radius 3 is 2.35 bits per heavy atom. The summed E-state index contributed by atoms with van der Waals surface area (Å²) in [6, 6.07) is 25.1. The second-order valence-electron chi connectivity index (χ2n) is 17.5. The molecule has 0 aliphatic heterocycles. The number of ketones is 1. The predicted octanol–water partition coefficient (Wildman–Crippen LogP) is 9.56. The summed E-state index contributed by atoms with van der Waals surface area (Å²) in [6.07, 6.45) is 9.99. The third-order valence-electron chi connectivity index (χ3n) is 14.2. The third-order valence-corrected chi connectivity index (χ3v) is 14.2. The van der Waals surface area contributed by atoms with Gasteiger partial charge in [-0.05, 0) is 130 Å². The van der Waals surface area contributed by atoms with Crippen LogP contribution < -0.4 is 5.32 Å². The van der Waals surface area contributed by atoms with Crippen molar-refractivity contribution in [1.82, 2.24) is 4.90 Å². The minimum Gasteiger partial charge on any atom is -0.393 e. The number of fused-ring (bicyclic) bond motifs is 10. The van der Waals surface area contributed by atoms with E-state index in [-0.39, 0.29) is 29.7 Å². The molecule has 6 aliphatic carbocycles. The minimum absolute atomic E-state index is 0.0323. The number of benzene rings is 3. The van der Waals surface area contributed by atoms with Crippen LogP contribution >= 0.6 is 0 Å². The number of urea groups is 1. The van der Waals surface area contributed by atoms with Crippen molar-refractivity contribution < 1.29 is 19.8 Å². The zero-order valence-corrected chi connectivity index (χ0v) is 31.6. The van der Waals surface area contributed by atoms with Crippen molar-refractivity contribution in [3.05, 3.63) is 113 Å². The number of carbonyl (C=O) groups is 2. The van der Waals surface area contributed by atoms with Gasteiger partial charge in [-0.25, -0.2) is 4.79 Å². The lowest BCUT2D eigenvalue weighted by atomic mass is 9.45. The lowest BCUT2D eigenvalue weighted by molar-refractivity contribution is -0.117. The third kappa shape index (κ3) is 7.01. The van der Waals surface area contributed by atoms with Crippen LogP contribution in [0.25, 0.3) is 0 Å². The number of hydrogen-bond donors (Lipinski definition) is 3. The fourth-order valence-corrected chi connectivity index (χ4v) is 10.7. The van der Waals surface area contributed by atoms with Crippen molar-refractivity contribution in [2.45, 2.75) is 110 Å². The van der Waals surface area contributed by atoms with Crippen LogP contribution in [0.1, 0.15) is 118 Å². The Morgan fingerprint density at radius 1 is 0.904 bits per heavy atom. The number of carbonyl (C=O) groups excluding carboxylic acids is 2. The van der Waals surface area contributed by atoms with Gasteiger partial charge in [-0.2, -0.15) is 0 Å². The lowest BCUT2D eigenvalue weighted by Gasteiger charge is -2.60. The first-order chi connectivity index (χ1) is 24.9. The molecule has 0 radical (unpaired) electrons. The first-order valence-corrected chi connectivity index (χ1v) is 19.8. The van der Waals surface area contributed by atoms with Crippen molar-refractivity contribution in [3.8, 4) is 0 Å². The number of rotatable bonds is 7. The molecular weight excluding hydrogens is 645 g/mol. The van der Waals surface area contributed by atoms with Gasteiger partial charge in [0.25, 0.3) is 0 Å². The van der Waals surface area contributed by atoms with Gasteiger partial charge in [0.2, 0.25) is 0 Å². The van der Waals surface area contributed by atoms with E-state index >= 15 is 0 Å². The Balaban J connectivity index is 1.27. The fourth-order valence-electron chi connectivity index (χ4n) is 10.7. The normalized spacial score (nSPS) is 31.0. The number of hydrogen-bond acceptors (Lipinski definition) is 4. The molecule has 7 atom stereocenters. The van der Waals surface area contributed by atoms with Gasteiger partial charge in [0.15, 0.2) is 5.78 Å². The Bertz CT molecular complexity index is 1780. The van der Waals surface area contributed by atoms with E-state index in [1.54, 1.807) is 0 Å². The lowest BCUT2D eigenvalue weighted by Crippen LogP contribution is -2.58. The molecule has 0 heterocycles. The number of allylic oxidation sites excluding steroid dienone is 2. The van der Waals surface area contributed by atoms with Gasteiger partial charge in [0.05, 0.1) is 18.2 Å². The topological polar surface area (TPSA) is 89.9 Å². The molecule has 4 bridgehead atoms. The van der Waals surface area contributed by atoms with E-state index < -0.39 is 17.1 Å². The molecule has 0 aromatic heterocycles. The molecule has 276 valence electrons. The summed E-state index contributed by atoms with van der Waals surface area (Å²) in [5, 5.41) is 27.3. The minimum atomic E-state index is -1.18. The summed E-state index contributed by atoms with van der Waals surface area (Å²) < 4.78 is 0. The van der Waals surface area contributed by atoms with E-state index in [0.717, 1.165) is 42.0 Å². The van der Waals surface area contributed by atoms with Gasteiger partial charge in [-0.15, -0.1) is 0 Å². The Morgan fingerprint density at radius 2 is 1.63 bits per heavy atom. The number of nitrogens with zero attached hydrogens (tertiary/aromatic N) is 1. The van der Waals surface area contributed by atoms with Crippen LogP contribution in [0, 0.1) is 28.6 Å². The molecule has 7 unspecified atom stereocenters. The van der Waals surface area contributed by atoms with Gasteiger partial charge in [-0.1, -0.05) is 93.1 Å². The second kappa shape index (κ2) is 14.6. The molecule has 6 heteroatoms. The van der Waals surface area contributed by atoms with Crippen molar-refractivity contribution in [2.75, 3.05) is 18.4 Å². The smallest absolute Gasteiger partial charge is 0.321 e. The van der Waals surface area contributed by atoms with Crippen molar-refractivity contribution >= 4 is 17.5 Å². The maximum Gasteiger partial charge on any atom is 0.321 e. The Labute approximate surface area is 310 Å². The van der Waals surface area contributed by atoms with Crippen LogP contribution in [0.2, 0.25) is 0 Å². The molecule has 3 aromatic carbocycles. The largest absolute Gasteiger partial charge is 0.393 e. The van der Waals surface area contributed by atoms with Gasteiger partial charge >= 0.3 is 6.03 Å². The van der Waals surface area contributed by atoms with Gasteiger partial charge in [-0.3, -0.25) is 4.79 Å². The van der Waals surface area contributed by atoms with E-state index in [1.165, 1.54) is 18.4 Å². The molecular formula is C46H58N2O4. The molecule has 6 nitrogen and oxygen atoms in total. The van der Waals surface area contributed by atoms with Crippen LogP contribution in [0.5, 0.6) is 0 Å². The average Bonchev–Trinajstić information content (AvgIpc) is 3.39. The van der Waals surface area contributed by atoms with Gasteiger partial charge < -0.3 is 20.4 Å². The van der Waals surface area contributed by atoms with E-state index in [1.807, 2.05) is 71.6 Å². The van der Waals surface area contributed by atoms with E-state index in [0.29, 0.717) is 61.6 Å². The summed E-state index contributed by atoms with van der Waals surface area (Å²) in [6.45, 7) is 10.00. The zero-order valence-electron chi connectivity index (χ0n) is 31.6. The van der Waals surface area contributed by atoms with E-state index in [4.69, 9.17) is 0 Å². The average molecular weight is 703 g/mol. The molecule has 0 saturated heterocycles. The predicted molar refractivity (Wildman–Crippen MR) is 208 cm³/mol. The van der Waals surface area contributed by atoms with E-state index in [2.05, 4.69) is 51.2 Å². The molecule has 4 fully saturated rings. The standard InChI is InChI=1S/C46H58N2O4/c1-31-12-11-24-45(4)40(38-22-18-32(26-37(49)21-17-31)27-39(38)42(50)33-13-7-5-8-14-33)23-25-46(45,52)30-48(43(51)47-36-15-9-6-10-16-36)29-34-19-20-35-28-41(34)44(35,2)3/h5-10,12-16,18,22,27,34-35,37,40-41,49,52H,11,17,19-21,23-26,28-30H2,1-4H3,(H,47,51). The molecule has 0 spiro atoms. The highest BCUT2D eigenvalue weighted by Gasteiger charge is 2.59. The van der Waals surface area contributed by atoms with Crippen LogP contribution in [0.15, 0.2) is 90.5 Å². The Kier molecular flexibility index (Phi) is 10.3. The number of nitrogens with one attached hydrogen (secondary N) is 1. The maximum atomic E-state index is 14.3. The Hall–Kier alpha value is -3.74. The summed E-state index contributed by atoms with van der Waals surface area (Å²) in [7, 11) is 0. The zero-order chi connectivity index (χ0) is 36.7. The van der Waals surface area contributed by atoms with E-state index in [9.17, 15) is 19.8 Å². The number of amides is 2. The highest BCUT2D eigenvalue weighted by atomic mass is 16.3. The van der Waals surface area contributed by atoms with Gasteiger partial charge in [0.1, 0.15) is 0 Å². The second-order valence-corrected chi connectivity index (χ2v) is 17.5. The molecule has 4 saturated carbocycles. The molecule has 3 N–H and O–H groups in total. The molecule has 6 aliphatic rings. The molecule has 2 amide bonds. The highest BCUT2D eigenvalue weighted by molar-refractivity contribution is 6.10. The van der Waals surface area contributed by atoms with Crippen molar-refractivity contribution in [3.63, 3.8) is 0 Å². The molecule has 9 rings (SSSR count). The molecule has 3 aromatic rings. The first kappa shape index (κ1) is 36.6. The number of aliphatic hydroxyl groups is 2. The van der Waals surface area contributed by atoms with Gasteiger partial charge in [0, 0.05) is 28.8 Å². The highest BCUT2D eigenvalue weighted by Crippen LogP contribution is 2.62. The van der Waals surface area contributed by atoms with Crippen LogP contribution in [0.3, 0.4) is 0 Å². The summed E-state index contributed by atoms with van der Waals surface area (Å²) in [5.41, 5.74) is 3.66. The first-order valence-electron chi connectivity index (χ1n) is 19.8. The summed E-state index contributed by atoms with van der Waals surface area (Å²) >= 11 is 0. The fraction of sp³-hybridized carbons (Fsp3) is 0.522. The number of para-hydroxylation sites is 1. The quantitative estimate of drug-likeness (QED) is 0.169. The van der Waals surface area contributed by atoms with Crippen molar-refractivity contribution in [2.24, 2.45) is 28.6 Å². The van der Waals surface area contributed by atoms with Crippen LogP contribution in [-0.2, 0) is 6.42 Å². The number of aliphatic hydroxyl groups excluding tert-OH is 1. The summed E-state index contributed by atoms with van der Waals surface area (Å²) in [5.74, 6) is 1.60. The van der Waals surface area contributed by atoms with Crippen LogP contribution in [-0.4, -0.2) is 51.7 Å². The van der Waals surface area contributed by atoms with Crippen LogP contribution in [0.4, 0.5) is 10.5 Å². The monoisotopic (exact) mass is 702 g/mol.